The molecule has 0 radical (unpaired) electrons. The number of anilines is 1. The van der Waals surface area contributed by atoms with Crippen molar-refractivity contribution in [2.45, 2.75) is 25.8 Å². The molecule has 0 aromatic carbocycles. The van der Waals surface area contributed by atoms with Gasteiger partial charge in [0.25, 0.3) is 0 Å². The van der Waals surface area contributed by atoms with Crippen molar-refractivity contribution >= 4 is 17.6 Å². The van der Waals surface area contributed by atoms with E-state index >= 15 is 0 Å². The van der Waals surface area contributed by atoms with E-state index in [9.17, 15) is 0 Å². The van der Waals surface area contributed by atoms with Crippen LogP contribution in [0.5, 0.6) is 0 Å². The first-order chi connectivity index (χ1) is 8.22. The lowest BCUT2D eigenvalue weighted by molar-refractivity contribution is 0.665. The van der Waals surface area contributed by atoms with Gasteiger partial charge >= 0.3 is 0 Å². The smallest absolute Gasteiger partial charge is 0.128 e. The van der Waals surface area contributed by atoms with E-state index in [-0.39, 0.29) is 0 Å². The molecule has 0 amide bonds. The van der Waals surface area contributed by atoms with Crippen molar-refractivity contribution in [2.75, 3.05) is 30.5 Å². The van der Waals surface area contributed by atoms with Crippen molar-refractivity contribution in [3.8, 4) is 0 Å². The molecule has 0 saturated carbocycles. The maximum Gasteiger partial charge on any atom is 0.128 e. The minimum Gasteiger partial charge on any atom is -0.356 e. The number of pyridine rings is 1. The van der Waals surface area contributed by atoms with Crippen molar-refractivity contribution in [3.63, 3.8) is 0 Å². The van der Waals surface area contributed by atoms with Crippen LogP contribution in [0.4, 0.5) is 5.82 Å². The van der Waals surface area contributed by atoms with Crippen molar-refractivity contribution in [3.05, 3.63) is 23.9 Å². The summed E-state index contributed by atoms with van der Waals surface area (Å²) in [6.45, 7) is 2.90. The SMILES string of the molecule is CCC(CSC)N(C)c1ccc(CCN)cn1. The molecule has 1 aromatic heterocycles. The average molecular weight is 253 g/mol. The molecule has 96 valence electrons. The first kappa shape index (κ1) is 14.3. The third-order valence-electron chi connectivity index (χ3n) is 2.98. The van der Waals surface area contributed by atoms with Gasteiger partial charge < -0.3 is 10.6 Å². The first-order valence-electron chi connectivity index (χ1n) is 6.09. The third kappa shape index (κ3) is 4.21. The van der Waals surface area contributed by atoms with Gasteiger partial charge in [-0.3, -0.25) is 0 Å². The summed E-state index contributed by atoms with van der Waals surface area (Å²) in [5, 5.41) is 0. The number of aromatic nitrogens is 1. The van der Waals surface area contributed by atoms with Crippen LogP contribution < -0.4 is 10.6 Å². The van der Waals surface area contributed by atoms with Crippen LogP contribution in [0.1, 0.15) is 18.9 Å². The highest BCUT2D eigenvalue weighted by Crippen LogP contribution is 2.16. The highest BCUT2D eigenvalue weighted by Gasteiger charge is 2.13. The summed E-state index contributed by atoms with van der Waals surface area (Å²) in [4.78, 5) is 6.78. The molecular formula is C13H23N3S. The Labute approximate surface area is 109 Å². The van der Waals surface area contributed by atoms with Gasteiger partial charge in [0.2, 0.25) is 0 Å². The molecule has 0 aliphatic carbocycles. The van der Waals surface area contributed by atoms with Crippen LogP contribution in [0.2, 0.25) is 0 Å². The topological polar surface area (TPSA) is 42.1 Å². The highest BCUT2D eigenvalue weighted by molar-refractivity contribution is 7.98. The van der Waals surface area contributed by atoms with Crippen LogP contribution in [0.15, 0.2) is 18.3 Å². The molecule has 17 heavy (non-hydrogen) atoms. The highest BCUT2D eigenvalue weighted by atomic mass is 32.2. The Morgan fingerprint density at radius 2 is 2.24 bits per heavy atom. The quantitative estimate of drug-likeness (QED) is 0.808. The van der Waals surface area contributed by atoms with Gasteiger partial charge in [-0.25, -0.2) is 4.98 Å². The molecule has 1 atom stereocenters. The minimum absolute atomic E-state index is 0.554. The second kappa shape index (κ2) is 7.56. The van der Waals surface area contributed by atoms with E-state index in [4.69, 9.17) is 5.73 Å². The summed E-state index contributed by atoms with van der Waals surface area (Å²) in [6, 6.07) is 4.77. The van der Waals surface area contributed by atoms with Gasteiger partial charge in [-0.1, -0.05) is 13.0 Å². The Morgan fingerprint density at radius 3 is 2.71 bits per heavy atom. The average Bonchev–Trinajstić information content (AvgIpc) is 2.36. The molecule has 1 aromatic rings. The summed E-state index contributed by atoms with van der Waals surface area (Å²) in [7, 11) is 2.12. The van der Waals surface area contributed by atoms with E-state index in [2.05, 4.69) is 42.2 Å². The number of hydrogen-bond acceptors (Lipinski definition) is 4. The summed E-state index contributed by atoms with van der Waals surface area (Å²) in [5.74, 6) is 2.19. The zero-order chi connectivity index (χ0) is 12.7. The first-order valence-corrected chi connectivity index (χ1v) is 7.49. The van der Waals surface area contributed by atoms with Crippen LogP contribution in [0, 0.1) is 0 Å². The fraction of sp³-hybridized carbons (Fsp3) is 0.615. The molecular weight excluding hydrogens is 230 g/mol. The maximum absolute atomic E-state index is 5.53. The van der Waals surface area contributed by atoms with Crippen LogP contribution in [0.3, 0.4) is 0 Å². The van der Waals surface area contributed by atoms with Crippen molar-refractivity contribution in [1.82, 2.24) is 4.98 Å². The van der Waals surface area contributed by atoms with Crippen LogP contribution >= 0.6 is 11.8 Å². The van der Waals surface area contributed by atoms with Crippen molar-refractivity contribution in [2.24, 2.45) is 5.73 Å². The molecule has 0 bridgehead atoms. The lowest BCUT2D eigenvalue weighted by atomic mass is 10.2. The second-order valence-corrected chi connectivity index (χ2v) is 5.10. The number of nitrogens with zero attached hydrogens (tertiary/aromatic N) is 2. The zero-order valence-electron chi connectivity index (χ0n) is 11.0. The van der Waals surface area contributed by atoms with Gasteiger partial charge in [-0.15, -0.1) is 0 Å². The number of nitrogens with two attached hydrogens (primary N) is 1. The second-order valence-electron chi connectivity index (χ2n) is 4.19. The largest absolute Gasteiger partial charge is 0.356 e. The van der Waals surface area contributed by atoms with Gasteiger partial charge in [0.15, 0.2) is 0 Å². The zero-order valence-corrected chi connectivity index (χ0v) is 11.8. The summed E-state index contributed by atoms with van der Waals surface area (Å²) in [6.07, 6.45) is 6.13. The normalized spacial score (nSPS) is 12.5. The van der Waals surface area contributed by atoms with Crippen LogP contribution in [-0.2, 0) is 6.42 Å². The Hall–Kier alpha value is -0.740. The van der Waals surface area contributed by atoms with Crippen LogP contribution in [0.25, 0.3) is 0 Å². The monoisotopic (exact) mass is 253 g/mol. The number of rotatable bonds is 7. The van der Waals surface area contributed by atoms with Gasteiger partial charge in [0, 0.05) is 25.0 Å². The Bertz CT molecular complexity index is 313. The fourth-order valence-corrected chi connectivity index (χ4v) is 2.67. The van der Waals surface area contributed by atoms with E-state index in [0.29, 0.717) is 12.6 Å². The summed E-state index contributed by atoms with van der Waals surface area (Å²) >= 11 is 1.88. The molecule has 0 fully saturated rings. The molecule has 2 N–H and O–H groups in total. The predicted octanol–water partition coefficient (Wildman–Crippen LogP) is 2.16. The molecule has 3 nitrogen and oxygen atoms in total. The third-order valence-corrected chi connectivity index (χ3v) is 3.70. The summed E-state index contributed by atoms with van der Waals surface area (Å²) < 4.78 is 0. The predicted molar refractivity (Wildman–Crippen MR) is 77.9 cm³/mol. The number of hydrogen-bond donors (Lipinski definition) is 1. The molecule has 0 aliphatic heterocycles. The van der Waals surface area contributed by atoms with Crippen LogP contribution in [-0.4, -0.2) is 36.6 Å². The summed E-state index contributed by atoms with van der Waals surface area (Å²) in [5.41, 5.74) is 6.74. The molecule has 0 aliphatic rings. The minimum atomic E-state index is 0.554. The molecule has 0 saturated heterocycles. The van der Waals surface area contributed by atoms with E-state index in [1.807, 2.05) is 18.0 Å². The van der Waals surface area contributed by atoms with E-state index < -0.39 is 0 Å². The standard InChI is InChI=1S/C13H23N3S/c1-4-12(10-17-3)16(2)13-6-5-11(7-8-14)9-15-13/h5-6,9,12H,4,7-8,10,14H2,1-3H3. The van der Waals surface area contributed by atoms with Gasteiger partial charge in [-0.05, 0) is 37.3 Å². The lowest BCUT2D eigenvalue weighted by Crippen LogP contribution is -2.33. The maximum atomic E-state index is 5.53. The number of thioether (sulfide) groups is 1. The fourth-order valence-electron chi connectivity index (χ4n) is 1.82. The molecule has 1 unspecified atom stereocenters. The molecule has 0 spiro atoms. The Kier molecular flexibility index (Phi) is 6.37. The molecule has 1 heterocycles. The lowest BCUT2D eigenvalue weighted by Gasteiger charge is -2.27. The molecule has 1 rings (SSSR count). The Morgan fingerprint density at radius 1 is 1.47 bits per heavy atom. The van der Waals surface area contributed by atoms with Gasteiger partial charge in [0.05, 0.1) is 0 Å². The van der Waals surface area contributed by atoms with Gasteiger partial charge in [-0.2, -0.15) is 11.8 Å². The van der Waals surface area contributed by atoms with E-state index in [0.717, 1.165) is 24.4 Å². The Balaban J connectivity index is 2.70. The molecule has 4 heteroatoms. The van der Waals surface area contributed by atoms with E-state index in [1.54, 1.807) is 0 Å². The van der Waals surface area contributed by atoms with Gasteiger partial charge in [0.1, 0.15) is 5.82 Å². The van der Waals surface area contributed by atoms with Crippen molar-refractivity contribution < 1.29 is 0 Å². The van der Waals surface area contributed by atoms with E-state index in [1.165, 1.54) is 5.56 Å². The van der Waals surface area contributed by atoms with Crippen molar-refractivity contribution in [1.29, 1.82) is 0 Å².